The molecule has 8 rings (SSSR count). The maximum Gasteiger partial charge on any atom is 0.161 e. The van der Waals surface area contributed by atoms with Gasteiger partial charge >= 0.3 is 0 Å². The van der Waals surface area contributed by atoms with E-state index in [0.717, 1.165) is 56.5 Å². The summed E-state index contributed by atoms with van der Waals surface area (Å²) in [5, 5.41) is 6.77. The van der Waals surface area contributed by atoms with Crippen LogP contribution in [0.4, 0.5) is 11.4 Å². The zero-order chi connectivity index (χ0) is 25.8. The monoisotopic (exact) mass is 506 g/mol. The van der Waals surface area contributed by atoms with Crippen molar-refractivity contribution in [3.8, 4) is 28.7 Å². The van der Waals surface area contributed by atoms with Crippen LogP contribution in [0.1, 0.15) is 0 Å². The van der Waals surface area contributed by atoms with Crippen LogP contribution < -0.4 is 9.64 Å². The minimum absolute atomic E-state index is 0.575. The molecule has 1 aliphatic rings. The highest BCUT2D eigenvalue weighted by Gasteiger charge is 2.24. The van der Waals surface area contributed by atoms with Crippen molar-refractivity contribution in [3.05, 3.63) is 122 Å². The fourth-order valence-corrected chi connectivity index (χ4v) is 5.50. The first kappa shape index (κ1) is 21.6. The van der Waals surface area contributed by atoms with Gasteiger partial charge in [-0.15, -0.1) is 0 Å². The van der Waals surface area contributed by atoms with Crippen LogP contribution in [-0.2, 0) is 6.67 Å². The number of benzene rings is 4. The van der Waals surface area contributed by atoms with Crippen molar-refractivity contribution in [1.29, 1.82) is 0 Å². The number of nitrogens with zero attached hydrogens (tertiary/aromatic N) is 6. The second kappa shape index (κ2) is 8.56. The van der Waals surface area contributed by atoms with Crippen molar-refractivity contribution in [3.63, 3.8) is 0 Å². The first-order chi connectivity index (χ1) is 19.3. The highest BCUT2D eigenvalue weighted by Crippen LogP contribution is 2.40. The van der Waals surface area contributed by atoms with E-state index >= 15 is 0 Å². The Kier molecular flexibility index (Phi) is 4.75. The van der Waals surface area contributed by atoms with E-state index in [9.17, 15) is 0 Å². The van der Waals surface area contributed by atoms with Gasteiger partial charge in [-0.1, -0.05) is 42.5 Å². The Balaban J connectivity index is 1.19. The molecule has 0 N–H and O–H groups in total. The lowest BCUT2D eigenvalue weighted by atomic mass is 10.1. The number of pyridine rings is 1. The van der Waals surface area contributed by atoms with Crippen LogP contribution in [0.25, 0.3) is 39.0 Å². The van der Waals surface area contributed by atoms with E-state index in [0.29, 0.717) is 6.67 Å². The Bertz CT molecular complexity index is 1990. The SMILES string of the molecule is c1ccc(-n2c3ccccc3c3ccc(Oc4cccc(N5Cn6ncnc6-c6ccccc65)c4)cc32)nc1. The minimum Gasteiger partial charge on any atom is -0.457 e. The molecule has 7 nitrogen and oxygen atoms in total. The van der Waals surface area contributed by atoms with Gasteiger partial charge < -0.3 is 9.64 Å². The van der Waals surface area contributed by atoms with Crippen molar-refractivity contribution in [1.82, 2.24) is 24.3 Å². The van der Waals surface area contributed by atoms with Gasteiger partial charge in [-0.25, -0.2) is 14.6 Å². The van der Waals surface area contributed by atoms with Gasteiger partial charge in [0.05, 0.1) is 16.7 Å². The molecule has 7 heteroatoms. The third-order valence-corrected chi connectivity index (χ3v) is 7.22. The number of hydrogen-bond donors (Lipinski definition) is 0. The number of ether oxygens (including phenoxy) is 1. The molecule has 0 fully saturated rings. The van der Waals surface area contributed by atoms with Crippen LogP contribution in [0, 0.1) is 0 Å². The molecule has 0 aliphatic carbocycles. The molecule has 0 radical (unpaired) electrons. The minimum atomic E-state index is 0.575. The fourth-order valence-electron chi connectivity index (χ4n) is 5.50. The smallest absolute Gasteiger partial charge is 0.161 e. The summed E-state index contributed by atoms with van der Waals surface area (Å²) in [6.45, 7) is 0.575. The quantitative estimate of drug-likeness (QED) is 0.250. The molecule has 0 amide bonds. The van der Waals surface area contributed by atoms with Crippen LogP contribution in [-0.4, -0.2) is 24.3 Å². The van der Waals surface area contributed by atoms with E-state index in [2.05, 4.69) is 85.2 Å². The number of hydrogen-bond acceptors (Lipinski definition) is 5. The van der Waals surface area contributed by atoms with Gasteiger partial charge in [0, 0.05) is 40.4 Å². The molecule has 4 aromatic carbocycles. The summed E-state index contributed by atoms with van der Waals surface area (Å²) in [5.41, 5.74) is 5.33. The lowest BCUT2D eigenvalue weighted by Crippen LogP contribution is -2.27. The van der Waals surface area contributed by atoms with E-state index in [1.807, 2.05) is 59.4 Å². The molecule has 0 saturated carbocycles. The Labute approximate surface area is 224 Å². The molecule has 0 unspecified atom stereocenters. The average molecular weight is 507 g/mol. The lowest BCUT2D eigenvalue weighted by Gasteiger charge is -2.31. The van der Waals surface area contributed by atoms with Crippen molar-refractivity contribution in [2.24, 2.45) is 0 Å². The Morgan fingerprint density at radius 3 is 2.46 bits per heavy atom. The topological polar surface area (TPSA) is 61.0 Å². The summed E-state index contributed by atoms with van der Waals surface area (Å²) in [6.07, 6.45) is 3.43. The molecular weight excluding hydrogens is 484 g/mol. The summed E-state index contributed by atoms with van der Waals surface area (Å²) in [6, 6.07) is 37.1. The van der Waals surface area contributed by atoms with E-state index < -0.39 is 0 Å². The van der Waals surface area contributed by atoms with Gasteiger partial charge in [-0.2, -0.15) is 5.10 Å². The molecule has 0 spiro atoms. The molecule has 1 aliphatic heterocycles. The van der Waals surface area contributed by atoms with E-state index in [1.54, 1.807) is 6.33 Å². The molecule has 186 valence electrons. The largest absolute Gasteiger partial charge is 0.457 e. The molecule has 7 aromatic rings. The summed E-state index contributed by atoms with van der Waals surface area (Å²) in [5.74, 6) is 3.27. The number of rotatable bonds is 4. The van der Waals surface area contributed by atoms with Gasteiger partial charge in [0.2, 0.25) is 0 Å². The predicted molar refractivity (Wildman–Crippen MR) is 153 cm³/mol. The number of aromatic nitrogens is 5. The van der Waals surface area contributed by atoms with Crippen LogP contribution in [0.2, 0.25) is 0 Å². The Hall–Kier alpha value is -5.43. The van der Waals surface area contributed by atoms with Crippen LogP contribution >= 0.6 is 0 Å². The third-order valence-electron chi connectivity index (χ3n) is 7.22. The van der Waals surface area contributed by atoms with Crippen LogP contribution in [0.15, 0.2) is 122 Å². The van der Waals surface area contributed by atoms with E-state index in [1.165, 1.54) is 5.39 Å². The second-order valence-electron chi connectivity index (χ2n) is 9.49. The van der Waals surface area contributed by atoms with Gasteiger partial charge in [0.15, 0.2) is 5.82 Å². The van der Waals surface area contributed by atoms with Crippen LogP contribution in [0.3, 0.4) is 0 Å². The summed E-state index contributed by atoms with van der Waals surface area (Å²) in [7, 11) is 0. The molecular formula is C32H22N6O. The number of anilines is 2. The standard InChI is InChI=1S/C32H22N6O/c1-4-13-29-25(10-1)26-16-15-24(19-30(26)38(29)31-14-5-6-17-33-31)39-23-9-7-8-22(18-23)36-21-37-32(34-20-35-37)27-11-2-3-12-28(27)36/h1-20H,21H2. The maximum absolute atomic E-state index is 6.45. The average Bonchev–Trinajstić information content (AvgIpc) is 3.60. The highest BCUT2D eigenvalue weighted by atomic mass is 16.5. The Morgan fingerprint density at radius 2 is 1.51 bits per heavy atom. The predicted octanol–water partition coefficient (Wildman–Crippen LogP) is 7.34. The molecule has 0 bridgehead atoms. The van der Waals surface area contributed by atoms with Gasteiger partial charge in [-0.05, 0) is 54.6 Å². The van der Waals surface area contributed by atoms with Crippen molar-refractivity contribution in [2.45, 2.75) is 6.67 Å². The highest BCUT2D eigenvalue weighted by molar-refractivity contribution is 6.09. The third kappa shape index (κ3) is 3.48. The zero-order valence-electron chi connectivity index (χ0n) is 20.8. The maximum atomic E-state index is 6.45. The summed E-state index contributed by atoms with van der Waals surface area (Å²) < 4.78 is 10.6. The van der Waals surface area contributed by atoms with E-state index in [4.69, 9.17) is 4.74 Å². The van der Waals surface area contributed by atoms with Gasteiger partial charge in [-0.3, -0.25) is 4.57 Å². The molecule has 0 atom stereocenters. The molecule has 39 heavy (non-hydrogen) atoms. The molecule has 3 aromatic heterocycles. The number of para-hydroxylation sites is 2. The first-order valence-electron chi connectivity index (χ1n) is 12.8. The summed E-state index contributed by atoms with van der Waals surface area (Å²) >= 11 is 0. The second-order valence-corrected chi connectivity index (χ2v) is 9.49. The van der Waals surface area contributed by atoms with Crippen molar-refractivity contribution < 1.29 is 4.74 Å². The zero-order valence-corrected chi connectivity index (χ0v) is 20.8. The first-order valence-corrected chi connectivity index (χ1v) is 12.8. The van der Waals surface area contributed by atoms with E-state index in [-0.39, 0.29) is 0 Å². The van der Waals surface area contributed by atoms with Gasteiger partial charge in [0.1, 0.15) is 30.3 Å². The number of fused-ring (bicyclic) bond motifs is 6. The summed E-state index contributed by atoms with van der Waals surface area (Å²) in [4.78, 5) is 11.3. The van der Waals surface area contributed by atoms with Crippen LogP contribution in [0.5, 0.6) is 11.5 Å². The molecule has 0 saturated heterocycles. The van der Waals surface area contributed by atoms with Gasteiger partial charge in [0.25, 0.3) is 0 Å². The van der Waals surface area contributed by atoms with Crippen molar-refractivity contribution >= 4 is 33.2 Å². The lowest BCUT2D eigenvalue weighted by molar-refractivity contribution is 0.483. The fraction of sp³-hybridized carbons (Fsp3) is 0.0312. The van der Waals surface area contributed by atoms with Crippen molar-refractivity contribution in [2.75, 3.05) is 4.90 Å². The molecule has 4 heterocycles. The normalized spacial score (nSPS) is 12.5. The Morgan fingerprint density at radius 1 is 0.667 bits per heavy atom.